The number of carboxylic acids is 1. The topological polar surface area (TPSA) is 98.5 Å². The number of aliphatic hydroxyl groups is 1. The molecule has 0 aliphatic carbocycles. The Labute approximate surface area is 103 Å². The van der Waals surface area contributed by atoms with Crippen molar-refractivity contribution in [1.82, 2.24) is 0 Å². The molecule has 108 valence electrons. The Bertz CT molecular complexity index is 403. The highest BCUT2D eigenvalue weighted by molar-refractivity contribution is 7.93. The number of rotatable bonds is 6. The highest BCUT2D eigenvalue weighted by atomic mass is 32.2. The predicted octanol–water partition coefficient (Wildman–Crippen LogP) is 1.60. The molecule has 3 unspecified atom stereocenters. The molecule has 0 saturated carbocycles. The molecule has 0 aliphatic rings. The van der Waals surface area contributed by atoms with Crippen molar-refractivity contribution in [3.63, 3.8) is 0 Å². The molecular weight excluding hydrogens is 275 g/mol. The van der Waals surface area contributed by atoms with E-state index in [2.05, 4.69) is 0 Å². The summed E-state index contributed by atoms with van der Waals surface area (Å²) in [5.41, 5.74) is -3.08. The van der Waals surface area contributed by atoms with E-state index in [0.717, 1.165) is 0 Å². The first-order chi connectivity index (χ1) is 7.85. The number of aliphatic carboxylic acids is 1. The van der Waals surface area contributed by atoms with Crippen molar-refractivity contribution >= 4 is 15.7 Å². The van der Waals surface area contributed by atoms with Crippen molar-refractivity contribution < 1.29 is 32.4 Å². The van der Waals surface area contributed by atoms with Gasteiger partial charge in [-0.05, 0) is 19.8 Å². The molecule has 0 aliphatic heterocycles. The van der Waals surface area contributed by atoms with Gasteiger partial charge in [-0.3, -0.25) is 9.57 Å². The third kappa shape index (κ3) is 4.13. The van der Waals surface area contributed by atoms with Crippen LogP contribution in [0.25, 0.3) is 0 Å². The van der Waals surface area contributed by atoms with Gasteiger partial charge in [0.15, 0.2) is 5.60 Å². The Morgan fingerprint density at radius 3 is 2.17 bits per heavy atom. The number of hydrogen-bond acceptors (Lipinski definition) is 4. The third-order valence-corrected chi connectivity index (χ3v) is 4.87. The van der Waals surface area contributed by atoms with E-state index in [1.807, 2.05) is 0 Å². The van der Waals surface area contributed by atoms with E-state index in [0.29, 0.717) is 6.92 Å². The quantitative estimate of drug-likeness (QED) is 0.692. The van der Waals surface area contributed by atoms with E-state index >= 15 is 0 Å². The monoisotopic (exact) mass is 291 g/mol. The molecule has 0 aromatic rings. The van der Waals surface area contributed by atoms with Crippen LogP contribution in [-0.4, -0.2) is 43.2 Å². The second kappa shape index (κ2) is 5.43. The van der Waals surface area contributed by atoms with Crippen LogP contribution in [-0.2, 0) is 14.5 Å². The maximum Gasteiger partial charge on any atom is 0.416 e. The molecule has 0 aromatic carbocycles. The van der Waals surface area contributed by atoms with Crippen LogP contribution in [0.2, 0.25) is 0 Å². The Morgan fingerprint density at radius 2 is 1.89 bits per heavy atom. The number of alkyl halides is 3. The molecule has 0 bridgehead atoms. The van der Waals surface area contributed by atoms with Gasteiger partial charge in [0, 0.05) is 5.75 Å². The fraction of sp³-hybridized carbons (Fsp3) is 0.889. The van der Waals surface area contributed by atoms with Crippen LogP contribution in [0.15, 0.2) is 0 Å². The van der Waals surface area contributed by atoms with Gasteiger partial charge in [0.25, 0.3) is 0 Å². The lowest BCUT2D eigenvalue weighted by molar-refractivity contribution is -0.253. The lowest BCUT2D eigenvalue weighted by Crippen LogP contribution is -2.44. The van der Waals surface area contributed by atoms with E-state index in [9.17, 15) is 22.2 Å². The van der Waals surface area contributed by atoms with Crippen molar-refractivity contribution in [3.8, 4) is 0 Å². The van der Waals surface area contributed by atoms with Crippen LogP contribution in [0.3, 0.4) is 0 Å². The van der Waals surface area contributed by atoms with Crippen LogP contribution < -0.4 is 0 Å². The van der Waals surface area contributed by atoms with Crippen molar-refractivity contribution in [2.75, 3.05) is 5.75 Å². The number of carboxylic acid groups (broad SMARTS) is 1. The van der Waals surface area contributed by atoms with E-state index < -0.39 is 44.9 Å². The van der Waals surface area contributed by atoms with Crippen molar-refractivity contribution in [1.29, 1.82) is 4.78 Å². The molecule has 0 radical (unpaired) electrons. The molecule has 3 atom stereocenters. The summed E-state index contributed by atoms with van der Waals surface area (Å²) < 4.78 is 56.1. The molecule has 0 amide bonds. The average molecular weight is 291 g/mol. The number of nitrogens with one attached hydrogen (secondary N) is 1. The number of hydrogen-bond donors (Lipinski definition) is 3. The molecule has 0 spiro atoms. The minimum Gasteiger partial charge on any atom is -0.480 e. The van der Waals surface area contributed by atoms with E-state index in [1.54, 1.807) is 0 Å². The van der Waals surface area contributed by atoms with Crippen LogP contribution in [0.1, 0.15) is 26.7 Å². The first-order valence-electron chi connectivity index (χ1n) is 5.12. The third-order valence-electron chi connectivity index (χ3n) is 2.61. The Balaban J connectivity index is 4.88. The molecule has 5 nitrogen and oxygen atoms in total. The van der Waals surface area contributed by atoms with Gasteiger partial charge in [0.2, 0.25) is 0 Å². The van der Waals surface area contributed by atoms with Gasteiger partial charge in [0.05, 0.1) is 9.73 Å². The standard InChI is InChI=1S/C9H16F3NO4S/c1-3-6(7(14)15)18(13,17)5-4-8(2,16)9(10,11)12/h6,13,16H,3-5H2,1-2H3,(H,14,15). The molecule has 0 rings (SSSR count). The normalized spacial score (nSPS) is 20.8. The van der Waals surface area contributed by atoms with Gasteiger partial charge >= 0.3 is 12.1 Å². The molecule has 3 N–H and O–H groups in total. The van der Waals surface area contributed by atoms with Crippen LogP contribution in [0.5, 0.6) is 0 Å². The number of carbonyl (C=O) groups is 1. The van der Waals surface area contributed by atoms with Gasteiger partial charge in [-0.1, -0.05) is 6.92 Å². The zero-order valence-corrected chi connectivity index (χ0v) is 10.8. The molecule has 0 aromatic heterocycles. The second-order valence-electron chi connectivity index (χ2n) is 4.19. The summed E-state index contributed by atoms with van der Waals surface area (Å²) in [4.78, 5) is 10.7. The van der Waals surface area contributed by atoms with E-state index in [4.69, 9.17) is 15.0 Å². The van der Waals surface area contributed by atoms with E-state index in [-0.39, 0.29) is 6.42 Å². The summed E-state index contributed by atoms with van der Waals surface area (Å²) in [5, 5.41) is 16.3. The first-order valence-corrected chi connectivity index (χ1v) is 6.91. The largest absolute Gasteiger partial charge is 0.480 e. The molecular formula is C9H16F3NO4S. The minimum absolute atomic E-state index is 0.119. The second-order valence-corrected chi connectivity index (χ2v) is 6.62. The molecule has 0 fully saturated rings. The van der Waals surface area contributed by atoms with Crippen molar-refractivity contribution in [3.05, 3.63) is 0 Å². The smallest absolute Gasteiger partial charge is 0.416 e. The average Bonchev–Trinajstić information content (AvgIpc) is 2.13. The summed E-state index contributed by atoms with van der Waals surface area (Å²) in [5.74, 6) is -2.30. The van der Waals surface area contributed by atoms with Crippen LogP contribution in [0, 0.1) is 4.78 Å². The lowest BCUT2D eigenvalue weighted by atomic mass is 10.0. The zero-order valence-electron chi connectivity index (χ0n) is 9.95. The van der Waals surface area contributed by atoms with Gasteiger partial charge < -0.3 is 10.2 Å². The summed E-state index contributed by atoms with van der Waals surface area (Å²) in [6.45, 7) is 1.89. The summed E-state index contributed by atoms with van der Waals surface area (Å²) in [7, 11) is -3.72. The van der Waals surface area contributed by atoms with E-state index in [1.165, 1.54) is 6.92 Å². The van der Waals surface area contributed by atoms with Gasteiger partial charge in [-0.2, -0.15) is 13.2 Å². The summed E-state index contributed by atoms with van der Waals surface area (Å²) in [6.07, 6.45) is -6.00. The number of halogens is 3. The van der Waals surface area contributed by atoms with Crippen molar-refractivity contribution in [2.45, 2.75) is 43.7 Å². The Hall–Kier alpha value is -0.830. The maximum absolute atomic E-state index is 12.3. The fourth-order valence-corrected chi connectivity index (χ4v) is 3.09. The first kappa shape index (κ1) is 17.2. The van der Waals surface area contributed by atoms with Gasteiger partial charge in [-0.15, -0.1) is 0 Å². The molecule has 0 heterocycles. The SMILES string of the molecule is CCC(C(=O)O)S(=N)(=O)CCC(C)(O)C(F)(F)F. The predicted molar refractivity (Wildman–Crippen MR) is 58.7 cm³/mol. The Morgan fingerprint density at radius 1 is 1.44 bits per heavy atom. The highest BCUT2D eigenvalue weighted by Crippen LogP contribution is 2.33. The lowest BCUT2D eigenvalue weighted by Gasteiger charge is -2.27. The molecule has 0 saturated heterocycles. The fourth-order valence-electron chi connectivity index (χ4n) is 1.24. The Kier molecular flexibility index (Phi) is 5.18. The van der Waals surface area contributed by atoms with Gasteiger partial charge in [-0.25, -0.2) is 4.21 Å². The summed E-state index contributed by atoms with van der Waals surface area (Å²) >= 11 is 0. The van der Waals surface area contributed by atoms with Gasteiger partial charge in [0.1, 0.15) is 5.25 Å². The minimum atomic E-state index is -4.91. The highest BCUT2D eigenvalue weighted by Gasteiger charge is 2.50. The summed E-state index contributed by atoms with van der Waals surface area (Å²) in [6, 6.07) is 0. The van der Waals surface area contributed by atoms with Crippen molar-refractivity contribution in [2.24, 2.45) is 0 Å². The molecule has 9 heteroatoms. The zero-order chi connectivity index (χ0) is 14.8. The van der Waals surface area contributed by atoms with Crippen LogP contribution >= 0.6 is 0 Å². The molecule has 18 heavy (non-hydrogen) atoms. The maximum atomic E-state index is 12.3. The van der Waals surface area contributed by atoms with Crippen LogP contribution in [0.4, 0.5) is 13.2 Å².